The molecule has 0 spiro atoms. The van der Waals surface area contributed by atoms with Crippen molar-refractivity contribution in [2.24, 2.45) is 0 Å². The summed E-state index contributed by atoms with van der Waals surface area (Å²) in [6.07, 6.45) is 0. The standard InChI is InChI=1S/C15H14N2O6S/c1-6(18)22-7-2-3-10-8(4-7)12(19)11(13(16)23-10)14-17-9(5-24-14)15(20)21/h2-4,9,14,17H,5,16H2,1H3,(H,20,21). The number of nitrogens with two attached hydrogens (primary N) is 1. The molecule has 1 aromatic carbocycles. The topological polar surface area (TPSA) is 132 Å². The molecule has 1 fully saturated rings. The van der Waals surface area contributed by atoms with Gasteiger partial charge in [0.1, 0.15) is 17.4 Å². The number of hydrogen-bond donors (Lipinski definition) is 3. The van der Waals surface area contributed by atoms with Crippen LogP contribution in [-0.4, -0.2) is 28.8 Å². The number of aliphatic carboxylic acids is 1. The summed E-state index contributed by atoms with van der Waals surface area (Å²) in [7, 11) is 0. The van der Waals surface area contributed by atoms with Gasteiger partial charge in [0.25, 0.3) is 0 Å². The number of fused-ring (bicyclic) bond motifs is 1. The van der Waals surface area contributed by atoms with Crippen LogP contribution >= 0.6 is 11.8 Å². The summed E-state index contributed by atoms with van der Waals surface area (Å²) in [4.78, 5) is 34.9. The van der Waals surface area contributed by atoms with Crippen LogP contribution < -0.4 is 21.2 Å². The average Bonchev–Trinajstić information content (AvgIpc) is 2.97. The Kier molecular flexibility index (Phi) is 4.20. The van der Waals surface area contributed by atoms with Gasteiger partial charge in [-0.15, -0.1) is 11.8 Å². The molecular formula is C15H14N2O6S. The molecule has 0 bridgehead atoms. The highest BCUT2D eigenvalue weighted by atomic mass is 32.2. The molecular weight excluding hydrogens is 336 g/mol. The molecule has 2 aromatic rings. The van der Waals surface area contributed by atoms with Crippen molar-refractivity contribution in [2.45, 2.75) is 18.3 Å². The van der Waals surface area contributed by atoms with Crippen LogP contribution in [-0.2, 0) is 9.59 Å². The van der Waals surface area contributed by atoms with Crippen LogP contribution in [0.25, 0.3) is 11.0 Å². The van der Waals surface area contributed by atoms with Gasteiger partial charge in [0.2, 0.25) is 11.3 Å². The molecule has 1 aromatic heterocycles. The normalized spacial score (nSPS) is 20.2. The molecule has 2 heterocycles. The molecule has 0 radical (unpaired) electrons. The Bertz CT molecular complexity index is 893. The number of carbonyl (C=O) groups excluding carboxylic acids is 1. The van der Waals surface area contributed by atoms with Gasteiger partial charge in [0, 0.05) is 12.7 Å². The number of nitrogens with one attached hydrogen (secondary N) is 1. The van der Waals surface area contributed by atoms with Gasteiger partial charge in [-0.2, -0.15) is 0 Å². The lowest BCUT2D eigenvalue weighted by molar-refractivity contribution is -0.138. The molecule has 0 saturated carbocycles. The van der Waals surface area contributed by atoms with E-state index in [0.717, 1.165) is 0 Å². The number of carboxylic acids is 1. The minimum atomic E-state index is -0.995. The zero-order chi connectivity index (χ0) is 17.4. The predicted molar refractivity (Wildman–Crippen MR) is 88.0 cm³/mol. The molecule has 4 N–H and O–H groups in total. The number of ether oxygens (including phenoxy) is 1. The molecule has 0 aliphatic carbocycles. The number of carbonyl (C=O) groups is 2. The van der Waals surface area contributed by atoms with E-state index in [0.29, 0.717) is 5.75 Å². The summed E-state index contributed by atoms with van der Waals surface area (Å²) in [5.41, 5.74) is 5.89. The Balaban J connectivity index is 2.07. The number of esters is 1. The molecule has 2 unspecified atom stereocenters. The highest BCUT2D eigenvalue weighted by molar-refractivity contribution is 7.99. The van der Waals surface area contributed by atoms with Crippen LogP contribution in [0.3, 0.4) is 0 Å². The van der Waals surface area contributed by atoms with E-state index in [1.165, 1.54) is 36.9 Å². The summed E-state index contributed by atoms with van der Waals surface area (Å²) in [5, 5.41) is 11.5. The monoisotopic (exact) mass is 350 g/mol. The van der Waals surface area contributed by atoms with Gasteiger partial charge in [-0.25, -0.2) is 0 Å². The molecule has 1 aliphatic rings. The van der Waals surface area contributed by atoms with E-state index in [4.69, 9.17) is 20.0 Å². The number of rotatable bonds is 3. The summed E-state index contributed by atoms with van der Waals surface area (Å²) < 4.78 is 10.5. The first-order chi connectivity index (χ1) is 11.4. The average molecular weight is 350 g/mol. The zero-order valence-corrected chi connectivity index (χ0v) is 13.4. The molecule has 24 heavy (non-hydrogen) atoms. The largest absolute Gasteiger partial charge is 0.480 e. The molecule has 9 heteroatoms. The zero-order valence-electron chi connectivity index (χ0n) is 12.6. The first-order valence-electron chi connectivity index (χ1n) is 7.02. The third kappa shape index (κ3) is 2.95. The molecule has 1 aliphatic heterocycles. The second-order valence-electron chi connectivity index (χ2n) is 5.23. The van der Waals surface area contributed by atoms with Gasteiger partial charge in [-0.3, -0.25) is 19.7 Å². The van der Waals surface area contributed by atoms with E-state index in [2.05, 4.69) is 5.32 Å². The van der Waals surface area contributed by atoms with Gasteiger partial charge in [-0.1, -0.05) is 0 Å². The molecule has 8 nitrogen and oxygen atoms in total. The second-order valence-corrected chi connectivity index (χ2v) is 6.37. The van der Waals surface area contributed by atoms with Crippen molar-refractivity contribution in [3.63, 3.8) is 0 Å². The van der Waals surface area contributed by atoms with Crippen molar-refractivity contribution in [2.75, 3.05) is 11.5 Å². The minimum Gasteiger partial charge on any atom is -0.480 e. The molecule has 0 amide bonds. The molecule has 2 atom stereocenters. The highest BCUT2D eigenvalue weighted by Gasteiger charge is 2.34. The first-order valence-corrected chi connectivity index (χ1v) is 8.07. The molecule has 126 valence electrons. The summed E-state index contributed by atoms with van der Waals surface area (Å²) in [5.74, 6) is -1.04. The van der Waals surface area contributed by atoms with Crippen LogP contribution in [0.1, 0.15) is 17.9 Å². The molecule has 3 rings (SSSR count). The fraction of sp³-hybridized carbons (Fsp3) is 0.267. The predicted octanol–water partition coefficient (Wildman–Crippen LogP) is 1.09. The van der Waals surface area contributed by atoms with Gasteiger partial charge >= 0.3 is 11.9 Å². The Morgan fingerprint density at radius 2 is 2.21 bits per heavy atom. The van der Waals surface area contributed by atoms with E-state index in [1.54, 1.807) is 0 Å². The maximum atomic E-state index is 12.8. The maximum absolute atomic E-state index is 12.8. The van der Waals surface area contributed by atoms with Crippen LogP contribution in [0.2, 0.25) is 0 Å². The fourth-order valence-electron chi connectivity index (χ4n) is 2.46. The second kappa shape index (κ2) is 6.17. The van der Waals surface area contributed by atoms with Crippen molar-refractivity contribution in [1.82, 2.24) is 5.32 Å². The summed E-state index contributed by atoms with van der Waals surface area (Å²) in [6, 6.07) is 3.63. The van der Waals surface area contributed by atoms with E-state index in [1.807, 2.05) is 0 Å². The van der Waals surface area contributed by atoms with Gasteiger partial charge in [0.15, 0.2) is 0 Å². The van der Waals surface area contributed by atoms with Crippen LogP contribution in [0, 0.1) is 0 Å². The quantitative estimate of drug-likeness (QED) is 0.549. The van der Waals surface area contributed by atoms with E-state index in [9.17, 15) is 14.4 Å². The van der Waals surface area contributed by atoms with E-state index >= 15 is 0 Å². The number of benzene rings is 1. The van der Waals surface area contributed by atoms with Gasteiger partial charge in [0.05, 0.1) is 16.3 Å². The lowest BCUT2D eigenvalue weighted by atomic mass is 10.1. The fourth-order valence-corrected chi connectivity index (χ4v) is 3.74. The smallest absolute Gasteiger partial charge is 0.321 e. The number of thioether (sulfide) groups is 1. The Labute approximate surface area is 140 Å². The van der Waals surface area contributed by atoms with Gasteiger partial charge in [-0.05, 0) is 18.2 Å². The van der Waals surface area contributed by atoms with E-state index in [-0.39, 0.29) is 28.2 Å². The van der Waals surface area contributed by atoms with Gasteiger partial charge < -0.3 is 20.0 Å². The van der Waals surface area contributed by atoms with Crippen molar-refractivity contribution in [1.29, 1.82) is 0 Å². The van der Waals surface area contributed by atoms with E-state index < -0.39 is 28.8 Å². The number of nitrogen functional groups attached to an aromatic ring is 1. The van der Waals surface area contributed by atoms with Crippen LogP contribution in [0.5, 0.6) is 5.75 Å². The third-order valence-electron chi connectivity index (χ3n) is 3.53. The SMILES string of the molecule is CC(=O)Oc1ccc2oc(N)c(C3NC(C(=O)O)CS3)c(=O)c2c1. The lowest BCUT2D eigenvalue weighted by Gasteiger charge is -2.13. The van der Waals surface area contributed by atoms with Crippen molar-refractivity contribution in [3.8, 4) is 5.75 Å². The lowest BCUT2D eigenvalue weighted by Crippen LogP contribution is -2.35. The van der Waals surface area contributed by atoms with Crippen molar-refractivity contribution < 1.29 is 23.8 Å². The van der Waals surface area contributed by atoms with Crippen molar-refractivity contribution >= 4 is 40.6 Å². The highest BCUT2D eigenvalue weighted by Crippen LogP contribution is 2.35. The van der Waals surface area contributed by atoms with Crippen LogP contribution in [0.4, 0.5) is 5.88 Å². The summed E-state index contributed by atoms with van der Waals surface area (Å²) in [6.45, 7) is 1.26. The number of anilines is 1. The number of hydrogen-bond acceptors (Lipinski definition) is 8. The summed E-state index contributed by atoms with van der Waals surface area (Å²) >= 11 is 1.27. The Morgan fingerprint density at radius 3 is 2.83 bits per heavy atom. The Hall–Kier alpha value is -2.52. The Morgan fingerprint density at radius 1 is 1.46 bits per heavy atom. The minimum absolute atomic E-state index is 0.0659. The first kappa shape index (κ1) is 16.3. The maximum Gasteiger partial charge on any atom is 0.321 e. The number of carboxylic acid groups (broad SMARTS) is 1. The van der Waals surface area contributed by atoms with Crippen molar-refractivity contribution in [3.05, 3.63) is 34.0 Å². The molecule has 1 saturated heterocycles. The third-order valence-corrected chi connectivity index (χ3v) is 4.76. The van der Waals surface area contributed by atoms with Crippen LogP contribution in [0.15, 0.2) is 27.4 Å².